The summed E-state index contributed by atoms with van der Waals surface area (Å²) in [7, 11) is 1.99. The maximum atomic E-state index is 4.37. The molecule has 0 fully saturated rings. The Morgan fingerprint density at radius 1 is 1.25 bits per heavy atom. The zero-order valence-electron chi connectivity index (χ0n) is 7.63. The molecule has 2 rings (SSSR count). The van der Waals surface area contributed by atoms with Gasteiger partial charge in [-0.05, 0) is 19.4 Å². The minimum absolute atomic E-state index is 1.11. The summed E-state index contributed by atoms with van der Waals surface area (Å²) in [6.45, 7) is 4.16. The largest absolute Gasteiger partial charge is 0.267 e. The van der Waals surface area contributed by atoms with Crippen molar-refractivity contribution in [3.8, 4) is 0 Å². The van der Waals surface area contributed by atoms with Crippen LogP contribution in [-0.4, -0.2) is 9.78 Å². The fourth-order valence-electron chi connectivity index (χ4n) is 1.71. The minimum atomic E-state index is 1.11. The molecule has 0 aliphatic carbocycles. The summed E-state index contributed by atoms with van der Waals surface area (Å²) in [5, 5.41) is 5.63. The van der Waals surface area contributed by atoms with Crippen LogP contribution in [0.3, 0.4) is 0 Å². The first kappa shape index (κ1) is 7.35. The number of nitrogens with zero attached hydrogens (tertiary/aromatic N) is 2. The van der Waals surface area contributed by atoms with E-state index < -0.39 is 0 Å². The van der Waals surface area contributed by atoms with Crippen molar-refractivity contribution in [3.63, 3.8) is 0 Å². The van der Waals surface area contributed by atoms with Gasteiger partial charge >= 0.3 is 0 Å². The number of fused-ring (bicyclic) bond motifs is 1. The van der Waals surface area contributed by atoms with Crippen molar-refractivity contribution < 1.29 is 0 Å². The molecule has 12 heavy (non-hydrogen) atoms. The van der Waals surface area contributed by atoms with E-state index in [0.717, 1.165) is 5.69 Å². The molecule has 2 nitrogen and oxygen atoms in total. The lowest BCUT2D eigenvalue weighted by Crippen LogP contribution is -1.91. The molecule has 0 saturated carbocycles. The number of hydrogen-bond acceptors (Lipinski definition) is 1. The standard InChI is InChI=1S/C10H12N2/c1-7-5-4-6-9-8(2)11-12(3)10(7)9/h4-6H,1-3H3. The Morgan fingerprint density at radius 2 is 2.00 bits per heavy atom. The van der Waals surface area contributed by atoms with Crippen LogP contribution in [0, 0.1) is 13.8 Å². The molecule has 0 unspecified atom stereocenters. The van der Waals surface area contributed by atoms with E-state index in [1.165, 1.54) is 16.5 Å². The Morgan fingerprint density at radius 3 is 2.67 bits per heavy atom. The van der Waals surface area contributed by atoms with Crippen LogP contribution >= 0.6 is 0 Å². The highest BCUT2D eigenvalue weighted by atomic mass is 15.3. The van der Waals surface area contributed by atoms with Crippen LogP contribution in [0.4, 0.5) is 0 Å². The molecule has 62 valence electrons. The monoisotopic (exact) mass is 160 g/mol. The SMILES string of the molecule is Cc1nn(C)c2c(C)cccc12. The number of aromatic nitrogens is 2. The molecule has 2 heteroatoms. The first-order valence-electron chi connectivity index (χ1n) is 4.09. The van der Waals surface area contributed by atoms with Gasteiger partial charge in [0.05, 0.1) is 11.2 Å². The van der Waals surface area contributed by atoms with Crippen molar-refractivity contribution in [1.29, 1.82) is 0 Å². The summed E-state index contributed by atoms with van der Waals surface area (Å²) in [4.78, 5) is 0. The Bertz CT molecular complexity index is 427. The van der Waals surface area contributed by atoms with E-state index in [2.05, 4.69) is 30.2 Å². The zero-order valence-corrected chi connectivity index (χ0v) is 7.63. The molecule has 0 amide bonds. The number of para-hydroxylation sites is 1. The van der Waals surface area contributed by atoms with Crippen LogP contribution in [0.25, 0.3) is 10.9 Å². The van der Waals surface area contributed by atoms with Gasteiger partial charge in [-0.1, -0.05) is 18.2 Å². The fourth-order valence-corrected chi connectivity index (χ4v) is 1.71. The van der Waals surface area contributed by atoms with Crippen molar-refractivity contribution in [3.05, 3.63) is 29.5 Å². The lowest BCUT2D eigenvalue weighted by atomic mass is 10.1. The molecule has 0 atom stereocenters. The van der Waals surface area contributed by atoms with Crippen LogP contribution in [0.2, 0.25) is 0 Å². The molecule has 1 heterocycles. The minimum Gasteiger partial charge on any atom is -0.267 e. The molecular formula is C10H12N2. The average Bonchev–Trinajstić information content (AvgIpc) is 2.29. The Labute approximate surface area is 71.8 Å². The highest BCUT2D eigenvalue weighted by Gasteiger charge is 2.04. The van der Waals surface area contributed by atoms with Crippen LogP contribution in [0.5, 0.6) is 0 Å². The van der Waals surface area contributed by atoms with E-state index in [-0.39, 0.29) is 0 Å². The average molecular weight is 160 g/mol. The molecule has 0 bridgehead atoms. The maximum absolute atomic E-state index is 4.37. The van der Waals surface area contributed by atoms with E-state index >= 15 is 0 Å². The topological polar surface area (TPSA) is 17.8 Å². The van der Waals surface area contributed by atoms with Gasteiger partial charge in [-0.15, -0.1) is 0 Å². The summed E-state index contributed by atoms with van der Waals surface area (Å²) in [6.07, 6.45) is 0. The summed E-state index contributed by atoms with van der Waals surface area (Å²) < 4.78 is 1.94. The van der Waals surface area contributed by atoms with Crippen LogP contribution in [0.15, 0.2) is 18.2 Å². The van der Waals surface area contributed by atoms with Gasteiger partial charge in [0.15, 0.2) is 0 Å². The van der Waals surface area contributed by atoms with Crippen molar-refractivity contribution in [2.75, 3.05) is 0 Å². The highest BCUT2D eigenvalue weighted by Crippen LogP contribution is 2.19. The summed E-state index contributed by atoms with van der Waals surface area (Å²) >= 11 is 0. The van der Waals surface area contributed by atoms with Crippen molar-refractivity contribution >= 4 is 10.9 Å². The highest BCUT2D eigenvalue weighted by molar-refractivity contribution is 5.84. The van der Waals surface area contributed by atoms with E-state index in [0.29, 0.717) is 0 Å². The molecule has 0 aliphatic rings. The predicted octanol–water partition coefficient (Wildman–Crippen LogP) is 2.19. The number of rotatable bonds is 0. The molecular weight excluding hydrogens is 148 g/mol. The molecule has 0 saturated heterocycles. The first-order valence-corrected chi connectivity index (χ1v) is 4.09. The van der Waals surface area contributed by atoms with E-state index in [4.69, 9.17) is 0 Å². The van der Waals surface area contributed by atoms with Crippen LogP contribution in [0.1, 0.15) is 11.3 Å². The number of aryl methyl sites for hydroxylation is 3. The van der Waals surface area contributed by atoms with E-state index in [1.54, 1.807) is 0 Å². The van der Waals surface area contributed by atoms with Gasteiger partial charge in [-0.2, -0.15) is 5.10 Å². The molecule has 0 spiro atoms. The van der Waals surface area contributed by atoms with Gasteiger partial charge in [0, 0.05) is 12.4 Å². The Hall–Kier alpha value is -1.31. The second kappa shape index (κ2) is 2.34. The third-order valence-electron chi connectivity index (χ3n) is 2.25. The first-order chi connectivity index (χ1) is 5.70. The summed E-state index contributed by atoms with van der Waals surface area (Å²) in [5.74, 6) is 0. The smallest absolute Gasteiger partial charge is 0.0711 e. The molecule has 0 radical (unpaired) electrons. The maximum Gasteiger partial charge on any atom is 0.0711 e. The third kappa shape index (κ3) is 0.843. The molecule has 0 aliphatic heterocycles. The summed E-state index contributed by atoms with van der Waals surface area (Å²) in [6, 6.07) is 6.31. The third-order valence-corrected chi connectivity index (χ3v) is 2.25. The zero-order chi connectivity index (χ0) is 8.72. The second-order valence-electron chi connectivity index (χ2n) is 3.18. The van der Waals surface area contributed by atoms with Crippen molar-refractivity contribution in [2.45, 2.75) is 13.8 Å². The van der Waals surface area contributed by atoms with Gasteiger partial charge in [-0.25, -0.2) is 0 Å². The normalized spacial score (nSPS) is 10.9. The summed E-state index contributed by atoms with van der Waals surface area (Å²) in [5.41, 5.74) is 3.64. The lowest BCUT2D eigenvalue weighted by molar-refractivity contribution is 0.781. The lowest BCUT2D eigenvalue weighted by Gasteiger charge is -1.97. The van der Waals surface area contributed by atoms with E-state index in [1.807, 2.05) is 18.7 Å². The molecule has 0 N–H and O–H groups in total. The molecule has 1 aromatic heterocycles. The number of hydrogen-bond donors (Lipinski definition) is 0. The molecule has 1 aromatic carbocycles. The molecule has 2 aromatic rings. The van der Waals surface area contributed by atoms with Gasteiger partial charge < -0.3 is 0 Å². The Kier molecular flexibility index (Phi) is 1.43. The van der Waals surface area contributed by atoms with Crippen molar-refractivity contribution in [1.82, 2.24) is 9.78 Å². The van der Waals surface area contributed by atoms with Crippen LogP contribution in [-0.2, 0) is 7.05 Å². The van der Waals surface area contributed by atoms with Gasteiger partial charge in [0.2, 0.25) is 0 Å². The quantitative estimate of drug-likeness (QED) is 0.577. The van der Waals surface area contributed by atoms with Crippen LogP contribution < -0.4 is 0 Å². The predicted molar refractivity (Wildman–Crippen MR) is 50.2 cm³/mol. The fraction of sp³-hybridized carbons (Fsp3) is 0.300. The van der Waals surface area contributed by atoms with E-state index in [9.17, 15) is 0 Å². The van der Waals surface area contributed by atoms with Gasteiger partial charge in [-0.3, -0.25) is 4.68 Å². The Balaban J connectivity index is 2.99. The van der Waals surface area contributed by atoms with Gasteiger partial charge in [0.1, 0.15) is 0 Å². The van der Waals surface area contributed by atoms with Crippen molar-refractivity contribution in [2.24, 2.45) is 7.05 Å². The van der Waals surface area contributed by atoms with Gasteiger partial charge in [0.25, 0.3) is 0 Å². The number of benzene rings is 1. The second-order valence-corrected chi connectivity index (χ2v) is 3.18.